The Balaban J connectivity index is -0.0000000536. The summed E-state index contributed by atoms with van der Waals surface area (Å²) in [5, 5.41) is 44.3. The van der Waals surface area contributed by atoms with E-state index in [-0.39, 0.29) is 39.0 Å². The van der Waals surface area contributed by atoms with Crippen molar-refractivity contribution in [2.45, 2.75) is 0 Å². The summed E-state index contributed by atoms with van der Waals surface area (Å²) in [4.78, 5) is 54.6. The van der Waals surface area contributed by atoms with Crippen LogP contribution in [0.5, 0.6) is 0 Å². The molecule has 0 aromatic rings. The van der Waals surface area contributed by atoms with E-state index in [4.69, 9.17) is 59.4 Å². The van der Waals surface area contributed by atoms with Crippen LogP contribution < -0.4 is 0 Å². The second-order valence-corrected chi connectivity index (χ2v) is 1.83. The van der Waals surface area contributed by atoms with Gasteiger partial charge >= 0.3 is 35.8 Å². The van der Waals surface area contributed by atoms with Crippen molar-refractivity contribution in [3.05, 3.63) is 0 Å². The molecule has 0 aliphatic heterocycles. The number of carboxylic acids is 6. The van der Waals surface area contributed by atoms with Crippen LogP contribution in [0.1, 0.15) is 0 Å². The summed E-state index contributed by atoms with van der Waals surface area (Å²) in [7, 11) is 0. The smallest absolute Gasteiger partial charge is 0.414 e. The van der Waals surface area contributed by atoms with E-state index in [1.54, 1.807) is 0 Å². The van der Waals surface area contributed by atoms with Gasteiger partial charge in [-0.15, -0.1) is 0 Å². The van der Waals surface area contributed by atoms with Crippen molar-refractivity contribution < 1.29 is 98.4 Å². The maximum Gasteiger partial charge on any atom is 0.414 e. The quantitative estimate of drug-likeness (QED) is 0.158. The number of rotatable bonds is 0. The van der Waals surface area contributed by atoms with Crippen molar-refractivity contribution in [2.75, 3.05) is 0 Å². The van der Waals surface area contributed by atoms with Gasteiger partial charge < -0.3 is 30.6 Å². The second kappa shape index (κ2) is 17.1. The molecule has 0 spiro atoms. The first-order valence-electron chi connectivity index (χ1n) is 3.32. The molecule has 0 atom stereocenters. The summed E-state index contributed by atoms with van der Waals surface area (Å²) < 4.78 is 0. The molecule has 0 aliphatic carbocycles. The molecule has 0 fully saturated rings. The van der Waals surface area contributed by atoms with Crippen LogP contribution in [-0.2, 0) is 67.7 Å². The van der Waals surface area contributed by atoms with E-state index in [1.807, 2.05) is 0 Å². The zero-order valence-electron chi connectivity index (χ0n) is 8.84. The standard InChI is InChI=1S/3C2H2O4.2Ru/c3*3-1(4)2(5)6;;/h3*(H,3,4)(H,5,6);;. The summed E-state index contributed by atoms with van der Waals surface area (Å²) in [5.74, 6) is -10.9. The molecule has 20 heavy (non-hydrogen) atoms. The van der Waals surface area contributed by atoms with Crippen molar-refractivity contribution in [2.24, 2.45) is 0 Å². The molecule has 0 amide bonds. The third-order valence-electron chi connectivity index (χ3n) is 0.549. The van der Waals surface area contributed by atoms with Gasteiger partial charge in [-0.05, 0) is 0 Å². The van der Waals surface area contributed by atoms with E-state index in [1.165, 1.54) is 0 Å². The molecule has 0 radical (unpaired) electrons. The maximum absolute atomic E-state index is 9.10. The average Bonchev–Trinajstić information content (AvgIpc) is 2.18. The van der Waals surface area contributed by atoms with Crippen molar-refractivity contribution in [1.82, 2.24) is 0 Å². The Hall–Kier alpha value is -1.93. The Bertz CT molecular complexity index is 281. The van der Waals surface area contributed by atoms with Gasteiger partial charge in [-0.3, -0.25) is 0 Å². The van der Waals surface area contributed by atoms with E-state index in [0.717, 1.165) is 0 Å². The fraction of sp³-hybridized carbons (Fsp3) is 0. The van der Waals surface area contributed by atoms with Gasteiger partial charge in [0.25, 0.3) is 0 Å². The average molecular weight is 472 g/mol. The summed E-state index contributed by atoms with van der Waals surface area (Å²) in [6.45, 7) is 0. The number of carboxylic acid groups (broad SMARTS) is 6. The zero-order chi connectivity index (χ0) is 15.5. The largest absolute Gasteiger partial charge is 0.473 e. The monoisotopic (exact) mass is 474 g/mol. The first-order valence-corrected chi connectivity index (χ1v) is 3.32. The van der Waals surface area contributed by atoms with E-state index >= 15 is 0 Å². The number of hydrogen-bond acceptors (Lipinski definition) is 6. The molecule has 118 valence electrons. The van der Waals surface area contributed by atoms with Gasteiger partial charge in [-0.2, -0.15) is 0 Å². The normalized spacial score (nSPS) is 6.60. The summed E-state index contributed by atoms with van der Waals surface area (Å²) in [5.41, 5.74) is 0. The van der Waals surface area contributed by atoms with Gasteiger partial charge in [0.15, 0.2) is 0 Å². The van der Waals surface area contributed by atoms with Crippen LogP contribution in [0.3, 0.4) is 0 Å². The summed E-state index contributed by atoms with van der Waals surface area (Å²) in [6.07, 6.45) is 0. The molecular weight excluding hydrogens is 466 g/mol. The molecule has 0 heterocycles. The van der Waals surface area contributed by atoms with E-state index < -0.39 is 35.8 Å². The van der Waals surface area contributed by atoms with Crippen LogP contribution in [0, 0.1) is 0 Å². The molecule has 0 bridgehead atoms. The zero-order valence-corrected chi connectivity index (χ0v) is 12.3. The Kier molecular flexibility index (Phi) is 26.3. The molecule has 0 saturated heterocycles. The van der Waals surface area contributed by atoms with Gasteiger partial charge in [-0.25, -0.2) is 28.8 Å². The first-order chi connectivity index (χ1) is 7.93. The minimum atomic E-state index is -1.82. The second-order valence-electron chi connectivity index (χ2n) is 1.83. The molecule has 0 rings (SSSR count). The van der Waals surface area contributed by atoms with E-state index in [9.17, 15) is 0 Å². The summed E-state index contributed by atoms with van der Waals surface area (Å²) >= 11 is 0. The van der Waals surface area contributed by atoms with Crippen LogP contribution >= 0.6 is 0 Å². The van der Waals surface area contributed by atoms with Crippen LogP contribution in [0.4, 0.5) is 0 Å². The predicted octanol–water partition coefficient (Wildman–Crippen LogP) is -2.54. The van der Waals surface area contributed by atoms with Crippen LogP contribution in [0.25, 0.3) is 0 Å². The van der Waals surface area contributed by atoms with Gasteiger partial charge in [0.1, 0.15) is 0 Å². The number of aliphatic carboxylic acids is 6. The van der Waals surface area contributed by atoms with Gasteiger partial charge in [0.05, 0.1) is 0 Å². The maximum atomic E-state index is 9.10. The number of carbonyl (C=O) groups is 6. The summed E-state index contributed by atoms with van der Waals surface area (Å²) in [6, 6.07) is 0. The fourth-order valence-corrected chi connectivity index (χ4v) is 0. The van der Waals surface area contributed by atoms with Gasteiger partial charge in [0.2, 0.25) is 0 Å². The van der Waals surface area contributed by atoms with Crippen molar-refractivity contribution in [1.29, 1.82) is 0 Å². The Morgan fingerprint density at radius 2 is 0.400 bits per heavy atom. The van der Waals surface area contributed by atoms with Crippen molar-refractivity contribution in [3.63, 3.8) is 0 Å². The van der Waals surface area contributed by atoms with E-state index in [0.29, 0.717) is 0 Å². The predicted molar refractivity (Wildman–Crippen MR) is 45.8 cm³/mol. The van der Waals surface area contributed by atoms with E-state index in [2.05, 4.69) is 0 Å². The molecule has 12 nitrogen and oxygen atoms in total. The van der Waals surface area contributed by atoms with Gasteiger partial charge in [-0.1, -0.05) is 0 Å². The molecule has 0 aromatic carbocycles. The van der Waals surface area contributed by atoms with Crippen LogP contribution in [0.15, 0.2) is 0 Å². The Morgan fingerprint density at radius 1 is 0.350 bits per heavy atom. The minimum absolute atomic E-state index is 0. The molecule has 0 unspecified atom stereocenters. The van der Waals surface area contributed by atoms with Crippen LogP contribution in [-0.4, -0.2) is 66.5 Å². The van der Waals surface area contributed by atoms with Gasteiger partial charge in [0, 0.05) is 39.0 Å². The Labute approximate surface area is 134 Å². The fourth-order valence-electron chi connectivity index (χ4n) is 0. The van der Waals surface area contributed by atoms with Crippen molar-refractivity contribution >= 4 is 35.8 Å². The third kappa shape index (κ3) is 36.0. The molecule has 0 saturated carbocycles. The first kappa shape index (κ1) is 30.8. The number of hydrogen-bond donors (Lipinski definition) is 6. The van der Waals surface area contributed by atoms with Crippen molar-refractivity contribution in [3.8, 4) is 0 Å². The molecular formula is C6H6O12Ru2. The SMILES string of the molecule is O=C(O)C(=O)O.O=C(O)C(=O)O.O=C(O)C(=O)O.[Ru].[Ru]. The third-order valence-corrected chi connectivity index (χ3v) is 0.549. The molecule has 0 aliphatic rings. The minimum Gasteiger partial charge on any atom is -0.473 e. The topological polar surface area (TPSA) is 224 Å². The van der Waals surface area contributed by atoms with Crippen LogP contribution in [0.2, 0.25) is 0 Å². The molecule has 0 aromatic heterocycles. The molecule has 14 heteroatoms. The molecule has 6 N–H and O–H groups in total. The Morgan fingerprint density at radius 3 is 0.400 bits per heavy atom.